The lowest BCUT2D eigenvalue weighted by molar-refractivity contribution is -0.144. The van der Waals surface area contributed by atoms with Gasteiger partial charge in [0.25, 0.3) is 0 Å². The number of carboxylic acids is 1. The fraction of sp³-hybridized carbons (Fsp3) is 0.667. The van der Waals surface area contributed by atoms with Crippen molar-refractivity contribution in [1.82, 2.24) is 21.3 Å². The van der Waals surface area contributed by atoms with E-state index in [9.17, 15) is 43.8 Å². The van der Waals surface area contributed by atoms with Crippen LogP contribution in [0.15, 0.2) is 0 Å². The third kappa shape index (κ3) is 13.5. The molecule has 0 radical (unpaired) electrons. The number of hydrogen-bond donors (Lipinski definition) is 10. The minimum atomic E-state index is -1.72. The fourth-order valence-electron chi connectivity index (χ4n) is 3.03. The van der Waals surface area contributed by atoms with Gasteiger partial charge in [0.2, 0.25) is 35.4 Å². The van der Waals surface area contributed by atoms with E-state index in [0.29, 0.717) is 19.4 Å². The molecule has 6 amide bonds. The number of amides is 6. The molecule has 0 heterocycles. The Kier molecular flexibility index (Phi) is 15.8. The maximum Gasteiger partial charge on any atom is 0.326 e. The molecule has 0 aromatic heterocycles. The van der Waals surface area contributed by atoms with Crippen LogP contribution in [-0.2, 0) is 33.6 Å². The van der Waals surface area contributed by atoms with Crippen molar-refractivity contribution in [3.8, 4) is 0 Å². The summed E-state index contributed by atoms with van der Waals surface area (Å²) in [5.74, 6) is -7.03. The first-order chi connectivity index (χ1) is 17.7. The zero-order chi connectivity index (χ0) is 29.4. The number of aliphatic hydroxyl groups excluding tert-OH is 1. The van der Waals surface area contributed by atoms with Crippen LogP contribution in [0.2, 0.25) is 0 Å². The molecule has 0 aromatic carbocycles. The highest BCUT2D eigenvalue weighted by molar-refractivity contribution is 5.96. The number of aliphatic hydroxyl groups is 1. The zero-order valence-corrected chi connectivity index (χ0v) is 21.1. The van der Waals surface area contributed by atoms with Crippen molar-refractivity contribution >= 4 is 41.4 Å². The molecule has 0 bridgehead atoms. The molecular weight excluding hydrogens is 508 g/mol. The molecule has 0 spiro atoms. The highest BCUT2D eigenvalue weighted by atomic mass is 16.4. The van der Waals surface area contributed by atoms with Crippen LogP contribution in [0.1, 0.15) is 45.4 Å². The minimum absolute atomic E-state index is 0.154. The second-order valence-electron chi connectivity index (χ2n) is 8.51. The van der Waals surface area contributed by atoms with E-state index < -0.39 is 91.1 Å². The molecular formula is C21H38N8O9. The Balaban J connectivity index is 5.60. The number of rotatable bonds is 19. The summed E-state index contributed by atoms with van der Waals surface area (Å²) in [7, 11) is 0. The van der Waals surface area contributed by atoms with Crippen molar-refractivity contribution in [2.24, 2.45) is 22.9 Å². The fourth-order valence-corrected chi connectivity index (χ4v) is 3.03. The summed E-state index contributed by atoms with van der Waals surface area (Å²) < 4.78 is 0. The molecule has 216 valence electrons. The Morgan fingerprint density at radius 2 is 1.18 bits per heavy atom. The average Bonchev–Trinajstić information content (AvgIpc) is 2.82. The molecule has 38 heavy (non-hydrogen) atoms. The normalized spacial score (nSPS) is 14.6. The molecule has 0 aliphatic carbocycles. The van der Waals surface area contributed by atoms with Crippen molar-refractivity contribution < 1.29 is 43.8 Å². The third-order valence-corrected chi connectivity index (χ3v) is 5.14. The average molecular weight is 547 g/mol. The van der Waals surface area contributed by atoms with E-state index in [-0.39, 0.29) is 12.8 Å². The smallest absolute Gasteiger partial charge is 0.326 e. The quantitative estimate of drug-likeness (QED) is 0.0681. The second-order valence-corrected chi connectivity index (χ2v) is 8.51. The highest BCUT2D eigenvalue weighted by Gasteiger charge is 2.31. The molecule has 0 saturated carbocycles. The Morgan fingerprint density at radius 3 is 1.63 bits per heavy atom. The van der Waals surface area contributed by atoms with Crippen molar-refractivity contribution in [3.05, 3.63) is 0 Å². The molecule has 0 unspecified atom stereocenters. The molecule has 0 aromatic rings. The van der Waals surface area contributed by atoms with Crippen LogP contribution in [0.4, 0.5) is 0 Å². The van der Waals surface area contributed by atoms with Gasteiger partial charge in [-0.15, -0.1) is 0 Å². The number of nitrogens with two attached hydrogens (primary N) is 4. The van der Waals surface area contributed by atoms with E-state index in [1.54, 1.807) is 0 Å². The van der Waals surface area contributed by atoms with Gasteiger partial charge in [0, 0.05) is 6.42 Å². The van der Waals surface area contributed by atoms with Crippen LogP contribution in [0.3, 0.4) is 0 Å². The molecule has 0 aliphatic rings. The number of hydrogen-bond acceptors (Lipinski definition) is 10. The van der Waals surface area contributed by atoms with E-state index in [2.05, 4.69) is 16.0 Å². The number of carboxylic acid groups (broad SMARTS) is 1. The summed E-state index contributed by atoms with van der Waals surface area (Å²) in [6.45, 7) is 0.829. The van der Waals surface area contributed by atoms with Crippen molar-refractivity contribution in [2.75, 3.05) is 13.2 Å². The van der Waals surface area contributed by atoms with Crippen LogP contribution in [0.5, 0.6) is 0 Å². The number of unbranched alkanes of at least 4 members (excludes halogenated alkanes) is 1. The van der Waals surface area contributed by atoms with E-state index >= 15 is 0 Å². The number of carbonyl (C=O) groups excluding carboxylic acids is 6. The summed E-state index contributed by atoms with van der Waals surface area (Å²) >= 11 is 0. The first-order valence-electron chi connectivity index (χ1n) is 11.8. The van der Waals surface area contributed by atoms with Gasteiger partial charge in [-0.25, -0.2) is 4.79 Å². The molecule has 17 heteroatoms. The van der Waals surface area contributed by atoms with E-state index in [4.69, 9.17) is 22.9 Å². The highest BCUT2D eigenvalue weighted by Crippen LogP contribution is 2.04. The number of primary amides is 2. The van der Waals surface area contributed by atoms with Crippen molar-refractivity contribution in [3.63, 3.8) is 0 Å². The Morgan fingerprint density at radius 1 is 0.711 bits per heavy atom. The molecule has 0 saturated heterocycles. The number of aliphatic carboxylic acids is 1. The van der Waals surface area contributed by atoms with E-state index in [1.165, 1.54) is 6.92 Å². The van der Waals surface area contributed by atoms with Crippen LogP contribution < -0.4 is 44.2 Å². The standard InChI is InChI=1S/C21H38N8O9/c1-10(23)17(33)26-11(4-2-3-7-22)18(34)29-14(9-30)20(36)27-12(5-6-15(24)31)19(35)28-13(21(37)38)8-16(25)32/h10-14,30H,2-9,22-23H2,1H3,(H2,24,31)(H2,25,32)(H,26,33)(H,27,36)(H,28,35)(H,29,34)(H,37,38)/t10-,11-,12-,13-,14-/m0/s1. The Hall–Kier alpha value is -3.83. The molecule has 0 rings (SSSR count). The molecule has 0 fully saturated rings. The lowest BCUT2D eigenvalue weighted by Crippen LogP contribution is -2.59. The SMILES string of the molecule is C[C@H](N)C(=O)N[C@@H](CCCCN)C(=O)N[C@@H](CO)C(=O)N[C@@H](CCC(N)=O)C(=O)N[C@@H](CC(N)=O)C(=O)O. The predicted octanol–water partition coefficient (Wildman–Crippen LogP) is -5.38. The van der Waals surface area contributed by atoms with Gasteiger partial charge in [0.15, 0.2) is 0 Å². The summed E-state index contributed by atoms with van der Waals surface area (Å²) in [6, 6.07) is -6.89. The van der Waals surface area contributed by atoms with Crippen molar-refractivity contribution in [1.29, 1.82) is 0 Å². The van der Waals surface area contributed by atoms with Gasteiger partial charge in [0.1, 0.15) is 24.2 Å². The Labute approximate surface area is 218 Å². The Bertz CT molecular complexity index is 868. The van der Waals surface area contributed by atoms with Crippen LogP contribution in [0, 0.1) is 0 Å². The largest absolute Gasteiger partial charge is 0.480 e. The monoisotopic (exact) mass is 546 g/mol. The van der Waals surface area contributed by atoms with Crippen LogP contribution in [0.25, 0.3) is 0 Å². The molecule has 17 nitrogen and oxygen atoms in total. The topological polar surface area (TPSA) is 312 Å². The van der Waals surface area contributed by atoms with Crippen LogP contribution in [-0.4, -0.2) is 95.0 Å². The zero-order valence-electron chi connectivity index (χ0n) is 21.1. The van der Waals surface area contributed by atoms with Gasteiger partial charge in [-0.2, -0.15) is 0 Å². The number of carbonyl (C=O) groups is 7. The van der Waals surface area contributed by atoms with Gasteiger partial charge in [-0.1, -0.05) is 0 Å². The van der Waals surface area contributed by atoms with Gasteiger partial charge in [-0.05, 0) is 39.2 Å². The maximum absolute atomic E-state index is 12.8. The first-order valence-corrected chi connectivity index (χ1v) is 11.8. The summed E-state index contributed by atoms with van der Waals surface area (Å²) in [6.07, 6.45) is -0.351. The first kappa shape index (κ1) is 34.2. The minimum Gasteiger partial charge on any atom is -0.480 e. The van der Waals surface area contributed by atoms with E-state index in [0.717, 1.165) is 0 Å². The molecule has 0 aliphatic heterocycles. The lowest BCUT2D eigenvalue weighted by Gasteiger charge is -2.25. The van der Waals surface area contributed by atoms with E-state index in [1.807, 2.05) is 5.32 Å². The summed E-state index contributed by atoms with van der Waals surface area (Å²) in [5.41, 5.74) is 21.1. The van der Waals surface area contributed by atoms with Gasteiger partial charge < -0.3 is 54.4 Å². The van der Waals surface area contributed by atoms with Gasteiger partial charge in [0.05, 0.1) is 19.1 Å². The van der Waals surface area contributed by atoms with Gasteiger partial charge in [-0.3, -0.25) is 28.8 Å². The third-order valence-electron chi connectivity index (χ3n) is 5.14. The second kappa shape index (κ2) is 17.6. The lowest BCUT2D eigenvalue weighted by atomic mass is 10.1. The van der Waals surface area contributed by atoms with Crippen LogP contribution >= 0.6 is 0 Å². The molecule has 14 N–H and O–H groups in total. The predicted molar refractivity (Wildman–Crippen MR) is 131 cm³/mol. The van der Waals surface area contributed by atoms with Gasteiger partial charge >= 0.3 is 5.97 Å². The number of nitrogens with one attached hydrogen (secondary N) is 4. The summed E-state index contributed by atoms with van der Waals surface area (Å²) in [4.78, 5) is 83.9. The molecule has 5 atom stereocenters. The summed E-state index contributed by atoms with van der Waals surface area (Å²) in [5, 5.41) is 27.8. The maximum atomic E-state index is 12.8. The van der Waals surface area contributed by atoms with Crippen molar-refractivity contribution in [2.45, 2.75) is 75.7 Å².